The molecule has 3 heteroatoms. The van der Waals surface area contributed by atoms with Gasteiger partial charge in [-0.15, -0.1) is 0 Å². The molecule has 26 heavy (non-hydrogen) atoms. The first-order valence-electron chi connectivity index (χ1n) is 8.49. The second-order valence-corrected chi connectivity index (χ2v) is 13.7. The Hall–Kier alpha value is -2.85. The summed E-state index contributed by atoms with van der Waals surface area (Å²) in [7, 11) is 0. The zero-order valence-corrected chi connectivity index (χ0v) is 16.4. The molecule has 3 aromatic rings. The van der Waals surface area contributed by atoms with Crippen LogP contribution in [0.1, 0.15) is 0 Å². The van der Waals surface area contributed by atoms with Gasteiger partial charge in [0.2, 0.25) is 0 Å². The molecule has 3 rings (SSSR count). The van der Waals surface area contributed by atoms with Crippen LogP contribution in [0.15, 0.2) is 114 Å². The molecule has 0 fully saturated rings. The number of hydrogen-bond donors (Lipinski definition) is 1. The van der Waals surface area contributed by atoms with Crippen molar-refractivity contribution in [2.45, 2.75) is 0 Å². The summed E-state index contributed by atoms with van der Waals surface area (Å²) in [6.07, 6.45) is 4.67. The van der Waals surface area contributed by atoms with Gasteiger partial charge in [0.1, 0.15) is 0 Å². The zero-order valence-electron chi connectivity index (χ0n) is 14.3. The van der Waals surface area contributed by atoms with Gasteiger partial charge in [-0.25, -0.2) is 0 Å². The summed E-state index contributed by atoms with van der Waals surface area (Å²) in [5.41, 5.74) is 0. The summed E-state index contributed by atoms with van der Waals surface area (Å²) in [4.78, 5) is 13.1. The molecule has 0 aliphatic rings. The average molecular weight is 401 g/mol. The van der Waals surface area contributed by atoms with E-state index >= 15 is 0 Å². The van der Waals surface area contributed by atoms with Crippen LogP contribution in [0.2, 0.25) is 0 Å². The minimum atomic E-state index is -3.09. The molecule has 0 unspecified atom stereocenters. The average Bonchev–Trinajstić information content (AvgIpc) is 2.70. The van der Waals surface area contributed by atoms with E-state index < -0.39 is 19.2 Å². The molecular weight excluding hydrogens is 381 g/mol. The molecule has 0 heterocycles. The molecule has 0 spiro atoms. The molecule has 128 valence electrons. The van der Waals surface area contributed by atoms with Crippen LogP contribution in [-0.4, -0.2) is 24.3 Å². The van der Waals surface area contributed by atoms with Crippen molar-refractivity contribution in [1.82, 2.24) is 0 Å². The third-order valence-electron chi connectivity index (χ3n) is 4.38. The molecule has 2 nitrogen and oxygen atoms in total. The molecule has 0 aromatic heterocycles. The molecule has 1 N–H and O–H groups in total. The zero-order chi connectivity index (χ0) is 18.2. The predicted octanol–water partition coefficient (Wildman–Crippen LogP) is 2.89. The molecular formula is C23H20GeO2. The van der Waals surface area contributed by atoms with E-state index in [0.29, 0.717) is 0 Å². The van der Waals surface area contributed by atoms with Crippen LogP contribution in [0.25, 0.3) is 0 Å². The molecule has 0 saturated carbocycles. The minimum absolute atomic E-state index is 0.938. The van der Waals surface area contributed by atoms with Crippen molar-refractivity contribution in [2.24, 2.45) is 0 Å². The molecule has 0 radical (unpaired) electrons. The van der Waals surface area contributed by atoms with Crippen molar-refractivity contribution >= 4 is 32.4 Å². The molecule has 0 saturated heterocycles. The van der Waals surface area contributed by atoms with Gasteiger partial charge < -0.3 is 0 Å². The summed E-state index contributed by atoms with van der Waals surface area (Å²) in [5.74, 6) is -0.938. The number of hydrogen-bond acceptors (Lipinski definition) is 1. The summed E-state index contributed by atoms with van der Waals surface area (Å²) >= 11 is -3.09. The summed E-state index contributed by atoms with van der Waals surface area (Å²) in [6.45, 7) is 0. The van der Waals surface area contributed by atoms with Crippen LogP contribution in [0.3, 0.4) is 0 Å². The van der Waals surface area contributed by atoms with Gasteiger partial charge in [0.25, 0.3) is 0 Å². The van der Waals surface area contributed by atoms with Crippen LogP contribution in [-0.2, 0) is 4.79 Å². The Labute approximate surface area is 156 Å². The Bertz CT molecular complexity index is 804. The first-order chi connectivity index (χ1) is 12.7. The second kappa shape index (κ2) is 8.50. The number of carboxylic acid groups (broad SMARTS) is 1. The SMILES string of the molecule is O=C(O)/C=C\C=[CH]\[Ge]([c]1ccccc1)([c]1ccccc1)[c]1ccccc1. The summed E-state index contributed by atoms with van der Waals surface area (Å²) < 4.78 is 3.93. The Morgan fingerprint density at radius 3 is 1.38 bits per heavy atom. The van der Waals surface area contributed by atoms with Crippen molar-refractivity contribution in [3.63, 3.8) is 0 Å². The molecule has 3 aromatic carbocycles. The van der Waals surface area contributed by atoms with Crippen molar-refractivity contribution in [2.75, 3.05) is 0 Å². The van der Waals surface area contributed by atoms with E-state index in [4.69, 9.17) is 5.11 Å². The summed E-state index contributed by atoms with van der Waals surface area (Å²) in [6, 6.07) is 31.6. The van der Waals surface area contributed by atoms with Gasteiger partial charge >= 0.3 is 156 Å². The van der Waals surface area contributed by atoms with Gasteiger partial charge in [0.05, 0.1) is 0 Å². The van der Waals surface area contributed by atoms with Crippen molar-refractivity contribution in [3.05, 3.63) is 114 Å². The number of benzene rings is 3. The van der Waals surface area contributed by atoms with Crippen molar-refractivity contribution < 1.29 is 9.90 Å². The number of rotatable bonds is 6. The fourth-order valence-corrected chi connectivity index (χ4v) is 11.9. The van der Waals surface area contributed by atoms with Gasteiger partial charge in [-0.1, -0.05) is 0 Å². The van der Waals surface area contributed by atoms with Crippen LogP contribution < -0.4 is 13.2 Å². The van der Waals surface area contributed by atoms with E-state index in [1.54, 1.807) is 6.08 Å². The monoisotopic (exact) mass is 402 g/mol. The van der Waals surface area contributed by atoms with E-state index in [1.165, 1.54) is 19.3 Å². The fraction of sp³-hybridized carbons (Fsp3) is 0. The standard InChI is InChI=1S/C23H20GeO2/c25-23(26)18-10-11-19-24(20-12-4-1-5-13-20,21-14-6-2-7-15-21)22-16-8-3-9-17-22/h1-19H,(H,25,26)/b18-10-,19-11+. The maximum atomic E-state index is 10.8. The number of aliphatic carboxylic acids is 1. The third-order valence-corrected chi connectivity index (χ3v) is 13.7. The molecule has 0 aliphatic carbocycles. The normalized spacial score (nSPS) is 11.8. The predicted molar refractivity (Wildman–Crippen MR) is 110 cm³/mol. The van der Waals surface area contributed by atoms with Crippen LogP contribution >= 0.6 is 0 Å². The van der Waals surface area contributed by atoms with Crippen LogP contribution in [0.4, 0.5) is 0 Å². The van der Waals surface area contributed by atoms with E-state index in [2.05, 4.69) is 77.7 Å². The van der Waals surface area contributed by atoms with Gasteiger partial charge in [-0.2, -0.15) is 0 Å². The molecule has 0 amide bonds. The number of carbonyl (C=O) groups is 1. The van der Waals surface area contributed by atoms with Crippen LogP contribution in [0.5, 0.6) is 0 Å². The second-order valence-electron chi connectivity index (χ2n) is 5.96. The Morgan fingerprint density at radius 2 is 1.04 bits per heavy atom. The Balaban J connectivity index is 2.26. The maximum absolute atomic E-state index is 10.8. The van der Waals surface area contributed by atoms with Crippen LogP contribution in [0, 0.1) is 0 Å². The van der Waals surface area contributed by atoms with Crippen molar-refractivity contribution in [3.8, 4) is 0 Å². The van der Waals surface area contributed by atoms with E-state index in [0.717, 1.165) is 0 Å². The van der Waals surface area contributed by atoms with E-state index in [-0.39, 0.29) is 0 Å². The van der Waals surface area contributed by atoms with Gasteiger partial charge in [0.15, 0.2) is 0 Å². The molecule has 0 aliphatic heterocycles. The van der Waals surface area contributed by atoms with E-state index in [1.807, 2.05) is 24.3 Å². The molecule has 0 bridgehead atoms. The summed E-state index contributed by atoms with van der Waals surface area (Å²) in [5, 5.41) is 8.89. The van der Waals surface area contributed by atoms with Crippen molar-refractivity contribution in [1.29, 1.82) is 0 Å². The van der Waals surface area contributed by atoms with Gasteiger partial charge in [-0.3, -0.25) is 0 Å². The fourth-order valence-electron chi connectivity index (χ4n) is 3.23. The van der Waals surface area contributed by atoms with Gasteiger partial charge in [0, 0.05) is 0 Å². The van der Waals surface area contributed by atoms with E-state index in [9.17, 15) is 4.79 Å². The quantitative estimate of drug-likeness (QED) is 0.392. The van der Waals surface area contributed by atoms with Gasteiger partial charge in [-0.05, 0) is 0 Å². The third kappa shape index (κ3) is 3.86. The first kappa shape index (κ1) is 18.0. The topological polar surface area (TPSA) is 37.3 Å². The number of carboxylic acids is 1. The molecule has 0 atom stereocenters. The first-order valence-corrected chi connectivity index (χ1v) is 12.8. The Morgan fingerprint density at radius 1 is 0.654 bits per heavy atom. The number of allylic oxidation sites excluding steroid dienone is 2. The Kier molecular flexibility index (Phi) is 5.87.